The zero-order valence-electron chi connectivity index (χ0n) is 26.3. The molecular weight excluding hydrogens is 619 g/mol. The summed E-state index contributed by atoms with van der Waals surface area (Å²) in [7, 11) is -4.56. The molecule has 0 aliphatic carbocycles. The van der Waals surface area contributed by atoms with E-state index >= 15 is 0 Å². The number of hydrogen-bond donors (Lipinski definition) is 2. The Morgan fingerprint density at radius 2 is 1.72 bits per heavy atom. The third-order valence-corrected chi connectivity index (χ3v) is 9.67. The Kier molecular flexibility index (Phi) is 12.0. The predicted molar refractivity (Wildman–Crippen MR) is 173 cm³/mol. The topological polar surface area (TPSA) is 143 Å². The summed E-state index contributed by atoms with van der Waals surface area (Å²) in [6.07, 6.45) is 2.98. The van der Waals surface area contributed by atoms with Crippen molar-refractivity contribution in [2.45, 2.75) is 58.5 Å². The van der Waals surface area contributed by atoms with Gasteiger partial charge in [-0.05, 0) is 86.6 Å². The molecule has 2 aromatic heterocycles. The van der Waals surface area contributed by atoms with Gasteiger partial charge in [0.2, 0.25) is 0 Å². The molecule has 2 heterocycles. The lowest BCUT2D eigenvalue weighted by Gasteiger charge is -2.25. The zero-order valence-corrected chi connectivity index (χ0v) is 27.2. The normalized spacial score (nSPS) is 12.2. The Balaban J connectivity index is 1.31. The van der Waals surface area contributed by atoms with Crippen LogP contribution < -0.4 is 10.5 Å². The number of aryl methyl sites for hydroxylation is 4. The lowest BCUT2D eigenvalue weighted by Crippen LogP contribution is -2.23. The molecule has 4 aromatic rings. The van der Waals surface area contributed by atoms with Crippen LogP contribution in [0, 0.1) is 6.92 Å². The van der Waals surface area contributed by atoms with Gasteiger partial charge in [0.05, 0.1) is 31.9 Å². The van der Waals surface area contributed by atoms with Gasteiger partial charge in [-0.25, -0.2) is 4.98 Å². The summed E-state index contributed by atoms with van der Waals surface area (Å²) in [6, 6.07) is 13.6. The molecule has 46 heavy (non-hydrogen) atoms. The Morgan fingerprint density at radius 1 is 0.957 bits per heavy atom. The van der Waals surface area contributed by atoms with Crippen LogP contribution in [0.1, 0.15) is 48.9 Å². The summed E-state index contributed by atoms with van der Waals surface area (Å²) in [5.41, 5.74) is 8.00. The number of aliphatic carboxylic acids is 1. The van der Waals surface area contributed by atoms with Crippen LogP contribution in [0.15, 0.2) is 48.7 Å². The maximum absolute atomic E-state index is 14.4. The number of carbonyl (C=O) groups is 1. The number of nitrogen functional groups attached to an aromatic ring is 1. The first-order valence-electron chi connectivity index (χ1n) is 15.2. The van der Waals surface area contributed by atoms with E-state index in [0.717, 1.165) is 45.9 Å². The standard InChI is InChI=1S/C33H40F2N3O7P/c1-4-44-46(41,45-5-2)33(34,35)14-15-42-16-17-43-26-11-10-25(22(3)18-26)9-6-24-19-28-27-12-7-23(8-13-30(39)40)20-29(27)38-32(36)31(28)37-21-24/h7,10-12,18-21H,4-6,8-9,13-17H2,1-3H3,(H2,36,38)(H,39,40). The van der Waals surface area contributed by atoms with E-state index in [9.17, 15) is 18.1 Å². The van der Waals surface area contributed by atoms with Crippen molar-refractivity contribution in [3.8, 4) is 5.75 Å². The van der Waals surface area contributed by atoms with E-state index in [-0.39, 0.29) is 39.5 Å². The van der Waals surface area contributed by atoms with Gasteiger partial charge in [0.15, 0.2) is 5.82 Å². The molecule has 4 rings (SSSR count). The summed E-state index contributed by atoms with van der Waals surface area (Å²) < 4.78 is 61.8. The average molecular weight is 660 g/mol. The molecule has 0 fully saturated rings. The Morgan fingerprint density at radius 3 is 2.41 bits per heavy atom. The largest absolute Gasteiger partial charge is 0.491 e. The van der Waals surface area contributed by atoms with Gasteiger partial charge in [0.1, 0.15) is 17.9 Å². The second-order valence-corrected chi connectivity index (χ2v) is 12.9. The molecule has 0 spiro atoms. The first kappa shape index (κ1) is 35.2. The van der Waals surface area contributed by atoms with Crippen LogP contribution >= 0.6 is 7.60 Å². The highest BCUT2D eigenvalue weighted by Crippen LogP contribution is 2.63. The van der Waals surface area contributed by atoms with Crippen molar-refractivity contribution in [2.24, 2.45) is 0 Å². The molecular formula is C33H40F2N3O7P. The van der Waals surface area contributed by atoms with Gasteiger partial charge >= 0.3 is 19.2 Å². The maximum atomic E-state index is 14.4. The minimum atomic E-state index is -4.56. The zero-order chi connectivity index (χ0) is 33.3. The summed E-state index contributed by atoms with van der Waals surface area (Å²) in [4.78, 5) is 20.1. The van der Waals surface area contributed by atoms with Crippen molar-refractivity contribution < 1.29 is 41.8 Å². The third-order valence-electron chi connectivity index (χ3n) is 7.45. The number of rotatable bonds is 18. The van der Waals surface area contributed by atoms with Gasteiger partial charge in [0, 0.05) is 29.8 Å². The highest BCUT2D eigenvalue weighted by molar-refractivity contribution is 7.55. The number of benzene rings is 2. The molecule has 0 saturated carbocycles. The van der Waals surface area contributed by atoms with Crippen molar-refractivity contribution in [1.82, 2.24) is 9.97 Å². The van der Waals surface area contributed by atoms with E-state index in [2.05, 4.69) is 16.0 Å². The summed E-state index contributed by atoms with van der Waals surface area (Å²) in [5.74, 6) is 0.114. The lowest BCUT2D eigenvalue weighted by molar-refractivity contribution is -0.136. The molecule has 0 saturated heterocycles. The fourth-order valence-electron chi connectivity index (χ4n) is 5.08. The van der Waals surface area contributed by atoms with E-state index in [0.29, 0.717) is 29.0 Å². The lowest BCUT2D eigenvalue weighted by atomic mass is 9.99. The summed E-state index contributed by atoms with van der Waals surface area (Å²) >= 11 is 0. The van der Waals surface area contributed by atoms with E-state index in [4.69, 9.17) is 29.4 Å². The Labute approximate surface area is 266 Å². The molecule has 0 unspecified atom stereocenters. The van der Waals surface area contributed by atoms with Gasteiger partial charge in [-0.1, -0.05) is 18.2 Å². The fourth-order valence-corrected chi connectivity index (χ4v) is 6.57. The number of fused-ring (bicyclic) bond motifs is 3. The van der Waals surface area contributed by atoms with Crippen LogP contribution in [0.3, 0.4) is 0 Å². The maximum Gasteiger partial charge on any atom is 0.399 e. The summed E-state index contributed by atoms with van der Waals surface area (Å²) in [6.45, 7) is 4.58. The van der Waals surface area contributed by atoms with Crippen molar-refractivity contribution >= 4 is 41.2 Å². The van der Waals surface area contributed by atoms with Crippen LogP contribution in [0.2, 0.25) is 0 Å². The molecule has 0 bridgehead atoms. The van der Waals surface area contributed by atoms with Crippen molar-refractivity contribution in [2.75, 3.05) is 38.8 Å². The number of hydrogen-bond acceptors (Lipinski definition) is 9. The van der Waals surface area contributed by atoms with Gasteiger partial charge in [-0.2, -0.15) is 8.78 Å². The first-order valence-corrected chi connectivity index (χ1v) is 16.8. The molecule has 2 aromatic carbocycles. The SMILES string of the molecule is CCOP(=O)(OCC)C(F)(F)CCOCCOc1ccc(CCc2cnc3c(N)nc4cc(CCC(=O)O)ccc4c3c2)c(C)c1. The average Bonchev–Trinajstić information content (AvgIpc) is 3.01. The third kappa shape index (κ3) is 8.76. The first-order chi connectivity index (χ1) is 22.0. The van der Waals surface area contributed by atoms with Crippen LogP contribution in [-0.2, 0) is 42.4 Å². The molecule has 3 N–H and O–H groups in total. The summed E-state index contributed by atoms with van der Waals surface area (Å²) in [5, 5.41) is 10.8. The number of alkyl halides is 2. The predicted octanol–water partition coefficient (Wildman–Crippen LogP) is 7.12. The number of nitrogens with two attached hydrogens (primary N) is 1. The van der Waals surface area contributed by atoms with Gasteiger partial charge in [-0.3, -0.25) is 14.3 Å². The number of carboxylic acid groups (broad SMARTS) is 1. The number of halogens is 2. The van der Waals surface area contributed by atoms with Gasteiger partial charge in [0.25, 0.3) is 0 Å². The number of pyridine rings is 2. The molecule has 13 heteroatoms. The highest BCUT2D eigenvalue weighted by atomic mass is 31.2. The molecule has 0 aliphatic heterocycles. The number of aromatic nitrogens is 2. The van der Waals surface area contributed by atoms with E-state index in [1.165, 1.54) is 13.8 Å². The Hall–Kier alpha value is -3.70. The molecule has 10 nitrogen and oxygen atoms in total. The van der Waals surface area contributed by atoms with Gasteiger partial charge < -0.3 is 29.4 Å². The van der Waals surface area contributed by atoms with Crippen LogP contribution in [-0.4, -0.2) is 59.7 Å². The monoisotopic (exact) mass is 659 g/mol. The number of ether oxygens (including phenoxy) is 2. The highest BCUT2D eigenvalue weighted by Gasteiger charge is 2.52. The quantitative estimate of drug-likeness (QED) is 0.0644. The number of nitrogens with zero attached hydrogens (tertiary/aromatic N) is 2. The number of anilines is 1. The second kappa shape index (κ2) is 15.7. The van der Waals surface area contributed by atoms with E-state index in [1.807, 2.05) is 49.5 Å². The number of carboxylic acids is 1. The van der Waals surface area contributed by atoms with E-state index < -0.39 is 25.6 Å². The Bertz CT molecular complexity index is 1710. The van der Waals surface area contributed by atoms with Gasteiger partial charge in [-0.15, -0.1) is 0 Å². The van der Waals surface area contributed by atoms with Crippen LogP contribution in [0.4, 0.5) is 14.6 Å². The molecule has 0 radical (unpaired) electrons. The van der Waals surface area contributed by atoms with Crippen molar-refractivity contribution in [3.63, 3.8) is 0 Å². The van der Waals surface area contributed by atoms with Crippen molar-refractivity contribution in [1.29, 1.82) is 0 Å². The molecule has 0 aliphatic rings. The van der Waals surface area contributed by atoms with Crippen molar-refractivity contribution in [3.05, 3.63) is 70.9 Å². The molecule has 248 valence electrons. The second-order valence-electron chi connectivity index (χ2n) is 10.8. The minimum absolute atomic E-state index is 0.0438. The molecule has 0 amide bonds. The fraction of sp³-hybridized carbons (Fsp3) is 0.424. The minimum Gasteiger partial charge on any atom is -0.491 e. The van der Waals surface area contributed by atoms with E-state index in [1.54, 1.807) is 0 Å². The van der Waals surface area contributed by atoms with Crippen LogP contribution in [0.25, 0.3) is 21.8 Å². The molecule has 0 atom stereocenters. The van der Waals surface area contributed by atoms with Crippen LogP contribution in [0.5, 0.6) is 5.75 Å². The smallest absolute Gasteiger partial charge is 0.399 e.